The molecule has 0 unspecified atom stereocenters. The van der Waals surface area contributed by atoms with E-state index in [-0.39, 0.29) is 24.0 Å². The van der Waals surface area contributed by atoms with Crippen molar-refractivity contribution in [1.82, 2.24) is 10.3 Å². The molecule has 7 heteroatoms. The van der Waals surface area contributed by atoms with Crippen LogP contribution in [-0.2, 0) is 6.54 Å². The SMILES string of the molecule is COc1cc(CNC(=O)c2cccnc2Nc2cccc(F)c2)ccc1O. The zero-order chi connectivity index (χ0) is 19.2. The van der Waals surface area contributed by atoms with Crippen LogP contribution in [0.2, 0.25) is 0 Å². The van der Waals surface area contributed by atoms with Gasteiger partial charge in [0.15, 0.2) is 11.5 Å². The molecule has 0 saturated carbocycles. The van der Waals surface area contributed by atoms with Crippen molar-refractivity contribution >= 4 is 17.4 Å². The van der Waals surface area contributed by atoms with E-state index in [1.165, 1.54) is 25.3 Å². The number of phenols is 1. The fraction of sp³-hybridized carbons (Fsp3) is 0.100. The fourth-order valence-corrected chi connectivity index (χ4v) is 2.50. The zero-order valence-corrected chi connectivity index (χ0v) is 14.6. The van der Waals surface area contributed by atoms with E-state index in [1.807, 2.05) is 0 Å². The van der Waals surface area contributed by atoms with Gasteiger partial charge in [-0.05, 0) is 48.0 Å². The van der Waals surface area contributed by atoms with Crippen molar-refractivity contribution in [2.24, 2.45) is 0 Å². The Bertz CT molecular complexity index is 963. The summed E-state index contributed by atoms with van der Waals surface area (Å²) in [5, 5.41) is 15.4. The van der Waals surface area contributed by atoms with Gasteiger partial charge < -0.3 is 20.5 Å². The molecule has 1 heterocycles. The van der Waals surface area contributed by atoms with E-state index < -0.39 is 0 Å². The minimum absolute atomic E-state index is 0.0291. The Labute approximate surface area is 155 Å². The van der Waals surface area contributed by atoms with Crippen LogP contribution >= 0.6 is 0 Å². The number of ether oxygens (including phenoxy) is 1. The number of hydrogen-bond acceptors (Lipinski definition) is 5. The monoisotopic (exact) mass is 367 g/mol. The molecule has 0 bridgehead atoms. The van der Waals surface area contributed by atoms with E-state index in [0.717, 1.165) is 5.56 Å². The molecule has 3 N–H and O–H groups in total. The Kier molecular flexibility index (Phi) is 5.51. The summed E-state index contributed by atoms with van der Waals surface area (Å²) < 4.78 is 18.4. The van der Waals surface area contributed by atoms with Crippen LogP contribution in [0.5, 0.6) is 11.5 Å². The van der Waals surface area contributed by atoms with Crippen molar-refractivity contribution in [2.45, 2.75) is 6.54 Å². The average Bonchev–Trinajstić information content (AvgIpc) is 2.67. The molecule has 138 valence electrons. The standard InChI is InChI=1S/C20H18FN3O3/c1-27-18-10-13(7-8-17(18)25)12-23-20(26)16-6-3-9-22-19(16)24-15-5-2-4-14(21)11-15/h2-11,25H,12H2,1H3,(H,22,24)(H,23,26). The third kappa shape index (κ3) is 4.52. The highest BCUT2D eigenvalue weighted by Crippen LogP contribution is 2.26. The van der Waals surface area contributed by atoms with Crippen LogP contribution in [0.15, 0.2) is 60.8 Å². The predicted octanol–water partition coefficient (Wildman–Crippen LogP) is 3.61. The average molecular weight is 367 g/mol. The first-order chi connectivity index (χ1) is 13.1. The molecular weight excluding hydrogens is 349 g/mol. The summed E-state index contributed by atoms with van der Waals surface area (Å²) in [6.45, 7) is 0.240. The largest absolute Gasteiger partial charge is 0.504 e. The quantitative estimate of drug-likeness (QED) is 0.620. The molecule has 27 heavy (non-hydrogen) atoms. The van der Waals surface area contributed by atoms with Crippen LogP contribution in [0.1, 0.15) is 15.9 Å². The molecule has 0 aliphatic rings. The first kappa shape index (κ1) is 18.2. The number of amides is 1. The van der Waals surface area contributed by atoms with Crippen molar-refractivity contribution < 1.29 is 19.0 Å². The number of aromatic hydroxyl groups is 1. The Morgan fingerprint density at radius 2 is 2.04 bits per heavy atom. The minimum Gasteiger partial charge on any atom is -0.504 e. The maximum absolute atomic E-state index is 13.4. The maximum atomic E-state index is 13.4. The van der Waals surface area contributed by atoms with E-state index in [1.54, 1.807) is 42.6 Å². The summed E-state index contributed by atoms with van der Waals surface area (Å²) in [6.07, 6.45) is 1.54. The summed E-state index contributed by atoms with van der Waals surface area (Å²) in [5.74, 6) is -0.0425. The summed E-state index contributed by atoms with van der Waals surface area (Å²) in [6, 6.07) is 14.0. The number of carbonyl (C=O) groups excluding carboxylic acids is 1. The zero-order valence-electron chi connectivity index (χ0n) is 14.6. The molecule has 3 rings (SSSR count). The van der Waals surface area contributed by atoms with E-state index in [4.69, 9.17) is 4.74 Å². The normalized spacial score (nSPS) is 10.3. The third-order valence-corrected chi connectivity index (χ3v) is 3.84. The highest BCUT2D eigenvalue weighted by atomic mass is 19.1. The van der Waals surface area contributed by atoms with Crippen LogP contribution in [0.3, 0.4) is 0 Å². The molecular formula is C20H18FN3O3. The van der Waals surface area contributed by atoms with Gasteiger partial charge in [0.25, 0.3) is 5.91 Å². The Morgan fingerprint density at radius 3 is 2.81 bits per heavy atom. The molecule has 6 nitrogen and oxygen atoms in total. The molecule has 2 aromatic carbocycles. The number of hydrogen-bond donors (Lipinski definition) is 3. The summed E-state index contributed by atoms with van der Waals surface area (Å²) in [5.41, 5.74) is 1.58. The molecule has 0 spiro atoms. The molecule has 0 radical (unpaired) electrons. The number of phenolic OH excluding ortho intramolecular Hbond substituents is 1. The topological polar surface area (TPSA) is 83.5 Å². The Hall–Kier alpha value is -3.61. The number of nitrogens with one attached hydrogen (secondary N) is 2. The third-order valence-electron chi connectivity index (χ3n) is 3.84. The van der Waals surface area contributed by atoms with Crippen molar-refractivity contribution in [1.29, 1.82) is 0 Å². The molecule has 0 fully saturated rings. The molecule has 0 aliphatic heterocycles. The highest BCUT2D eigenvalue weighted by molar-refractivity contribution is 5.99. The molecule has 1 aromatic heterocycles. The molecule has 0 aliphatic carbocycles. The number of pyridine rings is 1. The Morgan fingerprint density at radius 1 is 1.19 bits per heavy atom. The first-order valence-corrected chi connectivity index (χ1v) is 8.18. The van der Waals surface area contributed by atoms with Crippen LogP contribution in [-0.4, -0.2) is 23.1 Å². The number of aromatic nitrogens is 1. The Balaban J connectivity index is 1.73. The van der Waals surface area contributed by atoms with Crippen LogP contribution in [0.4, 0.5) is 15.9 Å². The van der Waals surface area contributed by atoms with Gasteiger partial charge in [-0.3, -0.25) is 4.79 Å². The van der Waals surface area contributed by atoms with Gasteiger partial charge in [0.05, 0.1) is 12.7 Å². The molecule has 3 aromatic rings. The van der Waals surface area contributed by atoms with Crippen molar-refractivity contribution in [3.05, 3.63) is 77.7 Å². The number of carbonyl (C=O) groups is 1. The molecule has 0 saturated heterocycles. The van der Waals surface area contributed by atoms with Crippen LogP contribution < -0.4 is 15.4 Å². The van der Waals surface area contributed by atoms with Crippen LogP contribution in [0.25, 0.3) is 0 Å². The summed E-state index contributed by atoms with van der Waals surface area (Å²) in [4.78, 5) is 16.7. The van der Waals surface area contributed by atoms with Gasteiger partial charge in [-0.15, -0.1) is 0 Å². The number of anilines is 2. The number of benzene rings is 2. The lowest BCUT2D eigenvalue weighted by molar-refractivity contribution is 0.0951. The summed E-state index contributed by atoms with van der Waals surface area (Å²) in [7, 11) is 1.46. The first-order valence-electron chi connectivity index (χ1n) is 8.18. The second-order valence-corrected chi connectivity index (χ2v) is 5.72. The van der Waals surface area contributed by atoms with Crippen molar-refractivity contribution in [3.63, 3.8) is 0 Å². The van der Waals surface area contributed by atoms with Crippen molar-refractivity contribution in [3.8, 4) is 11.5 Å². The van der Waals surface area contributed by atoms with Gasteiger partial charge in [-0.1, -0.05) is 12.1 Å². The second kappa shape index (κ2) is 8.18. The fourth-order valence-electron chi connectivity index (χ4n) is 2.50. The number of halogens is 1. The minimum atomic E-state index is -0.386. The van der Waals surface area contributed by atoms with Gasteiger partial charge in [0, 0.05) is 18.4 Å². The number of rotatable bonds is 6. The second-order valence-electron chi connectivity index (χ2n) is 5.72. The smallest absolute Gasteiger partial charge is 0.255 e. The van der Waals surface area contributed by atoms with Crippen LogP contribution in [0, 0.1) is 5.82 Å². The predicted molar refractivity (Wildman–Crippen MR) is 99.7 cm³/mol. The van der Waals surface area contributed by atoms with E-state index in [0.29, 0.717) is 22.8 Å². The van der Waals surface area contributed by atoms with Gasteiger partial charge in [0.2, 0.25) is 0 Å². The lowest BCUT2D eigenvalue weighted by atomic mass is 10.2. The lowest BCUT2D eigenvalue weighted by Gasteiger charge is -2.12. The number of nitrogens with zero attached hydrogens (tertiary/aromatic N) is 1. The van der Waals surface area contributed by atoms with Crippen molar-refractivity contribution in [2.75, 3.05) is 12.4 Å². The highest BCUT2D eigenvalue weighted by Gasteiger charge is 2.13. The van der Waals surface area contributed by atoms with E-state index in [9.17, 15) is 14.3 Å². The molecule has 1 amide bonds. The van der Waals surface area contributed by atoms with E-state index in [2.05, 4.69) is 15.6 Å². The van der Waals surface area contributed by atoms with Gasteiger partial charge in [0.1, 0.15) is 11.6 Å². The number of methoxy groups -OCH3 is 1. The van der Waals surface area contributed by atoms with Gasteiger partial charge in [-0.25, -0.2) is 9.37 Å². The maximum Gasteiger partial charge on any atom is 0.255 e. The van der Waals surface area contributed by atoms with Gasteiger partial charge in [-0.2, -0.15) is 0 Å². The van der Waals surface area contributed by atoms with E-state index >= 15 is 0 Å². The lowest BCUT2D eigenvalue weighted by Crippen LogP contribution is -2.24. The van der Waals surface area contributed by atoms with Gasteiger partial charge >= 0.3 is 0 Å². The molecule has 0 atom stereocenters. The summed E-state index contributed by atoms with van der Waals surface area (Å²) >= 11 is 0.